The molecule has 1 heterocycles. The maximum absolute atomic E-state index is 13.2. The first-order valence-electron chi connectivity index (χ1n) is 7.60. The number of halogens is 1. The minimum absolute atomic E-state index is 0.198. The summed E-state index contributed by atoms with van der Waals surface area (Å²) in [5.74, 6) is -0.956. The first-order valence-corrected chi connectivity index (χ1v) is 8.48. The summed E-state index contributed by atoms with van der Waals surface area (Å²) in [6.07, 6.45) is 0. The van der Waals surface area contributed by atoms with Crippen molar-refractivity contribution in [1.82, 2.24) is 5.32 Å². The quantitative estimate of drug-likeness (QED) is 0.726. The van der Waals surface area contributed by atoms with Crippen LogP contribution in [-0.4, -0.2) is 11.8 Å². The minimum atomic E-state index is -0.352. The molecule has 126 valence electrons. The summed E-state index contributed by atoms with van der Waals surface area (Å²) in [5.41, 5.74) is 1.44. The van der Waals surface area contributed by atoms with Crippen LogP contribution in [0.4, 0.5) is 10.1 Å². The second-order valence-corrected chi connectivity index (χ2v) is 6.24. The van der Waals surface area contributed by atoms with E-state index < -0.39 is 0 Å². The molecule has 25 heavy (non-hydrogen) atoms. The van der Waals surface area contributed by atoms with Gasteiger partial charge in [0.05, 0.1) is 16.1 Å². The Hall–Kier alpha value is -2.99. The van der Waals surface area contributed by atoms with Crippen LogP contribution in [0.1, 0.15) is 25.6 Å². The van der Waals surface area contributed by atoms with E-state index in [4.69, 9.17) is 0 Å². The second kappa shape index (κ2) is 7.72. The van der Waals surface area contributed by atoms with Crippen molar-refractivity contribution in [1.29, 1.82) is 0 Å². The van der Waals surface area contributed by atoms with Crippen molar-refractivity contribution < 1.29 is 14.0 Å². The van der Waals surface area contributed by atoms with E-state index in [1.807, 2.05) is 5.38 Å². The molecular formula is C19H15FN2O2S. The molecule has 0 aliphatic carbocycles. The standard InChI is InChI=1S/C19H15FN2O2S/c20-14-6-3-5-13(11-14)12-21-18(23)15-7-1-2-8-16(15)22-19(24)17-9-4-10-25-17/h1-11H,12H2,(H,21,23)(H,22,24). The zero-order valence-electron chi connectivity index (χ0n) is 13.2. The van der Waals surface area contributed by atoms with Gasteiger partial charge >= 0.3 is 0 Å². The first-order chi connectivity index (χ1) is 12.1. The molecule has 0 aliphatic rings. The van der Waals surface area contributed by atoms with Gasteiger partial charge < -0.3 is 10.6 Å². The normalized spacial score (nSPS) is 10.3. The summed E-state index contributed by atoms with van der Waals surface area (Å²) in [6.45, 7) is 0.198. The van der Waals surface area contributed by atoms with Crippen LogP contribution in [0, 0.1) is 5.82 Å². The molecule has 0 aliphatic heterocycles. The summed E-state index contributed by atoms with van der Waals surface area (Å²) >= 11 is 1.33. The van der Waals surface area contributed by atoms with E-state index in [-0.39, 0.29) is 24.2 Å². The van der Waals surface area contributed by atoms with Crippen molar-refractivity contribution >= 4 is 28.8 Å². The molecular weight excluding hydrogens is 339 g/mol. The lowest BCUT2D eigenvalue weighted by Gasteiger charge is -2.11. The molecule has 0 radical (unpaired) electrons. The number of anilines is 1. The van der Waals surface area contributed by atoms with Crippen LogP contribution in [0.25, 0.3) is 0 Å². The average Bonchev–Trinajstić information content (AvgIpc) is 3.15. The van der Waals surface area contributed by atoms with Crippen LogP contribution in [0.2, 0.25) is 0 Å². The predicted molar refractivity (Wildman–Crippen MR) is 96.3 cm³/mol. The average molecular weight is 354 g/mol. The molecule has 3 aromatic rings. The number of hydrogen-bond donors (Lipinski definition) is 2. The third kappa shape index (κ3) is 4.30. The maximum Gasteiger partial charge on any atom is 0.265 e. The van der Waals surface area contributed by atoms with Crippen LogP contribution in [0.15, 0.2) is 66.0 Å². The van der Waals surface area contributed by atoms with E-state index in [9.17, 15) is 14.0 Å². The van der Waals surface area contributed by atoms with Gasteiger partial charge in [0.15, 0.2) is 0 Å². The third-order valence-corrected chi connectivity index (χ3v) is 4.38. The molecule has 2 N–H and O–H groups in total. The minimum Gasteiger partial charge on any atom is -0.348 e. The highest BCUT2D eigenvalue weighted by molar-refractivity contribution is 7.12. The lowest BCUT2D eigenvalue weighted by Crippen LogP contribution is -2.24. The largest absolute Gasteiger partial charge is 0.348 e. The fraction of sp³-hybridized carbons (Fsp3) is 0.0526. The van der Waals surface area contributed by atoms with Crippen molar-refractivity contribution in [2.24, 2.45) is 0 Å². The number of carbonyl (C=O) groups excluding carboxylic acids is 2. The van der Waals surface area contributed by atoms with E-state index in [2.05, 4.69) is 10.6 Å². The molecule has 0 bridgehead atoms. The lowest BCUT2D eigenvalue weighted by atomic mass is 10.1. The van der Waals surface area contributed by atoms with Gasteiger partial charge in [-0.1, -0.05) is 30.3 Å². The van der Waals surface area contributed by atoms with E-state index in [0.717, 1.165) is 0 Å². The molecule has 6 heteroatoms. The van der Waals surface area contributed by atoms with Gasteiger partial charge in [-0.15, -0.1) is 11.3 Å². The fourth-order valence-corrected chi connectivity index (χ4v) is 2.93. The van der Waals surface area contributed by atoms with Crippen LogP contribution in [0.3, 0.4) is 0 Å². The van der Waals surface area contributed by atoms with Gasteiger partial charge in [0.1, 0.15) is 5.82 Å². The highest BCUT2D eigenvalue weighted by Gasteiger charge is 2.14. The molecule has 0 saturated carbocycles. The molecule has 0 atom stereocenters. The highest BCUT2D eigenvalue weighted by Crippen LogP contribution is 2.18. The molecule has 3 rings (SSSR count). The number of para-hydroxylation sites is 1. The molecule has 4 nitrogen and oxygen atoms in total. The van der Waals surface area contributed by atoms with Crippen LogP contribution in [-0.2, 0) is 6.54 Å². The Bertz CT molecular complexity index is 894. The molecule has 2 aromatic carbocycles. The molecule has 0 saturated heterocycles. The van der Waals surface area contributed by atoms with Crippen LogP contribution < -0.4 is 10.6 Å². The number of thiophene rings is 1. The Morgan fingerprint density at radius 2 is 1.80 bits per heavy atom. The third-order valence-electron chi connectivity index (χ3n) is 3.51. The maximum atomic E-state index is 13.2. The van der Waals surface area contributed by atoms with Crippen LogP contribution >= 0.6 is 11.3 Å². The zero-order chi connectivity index (χ0) is 17.6. The van der Waals surface area contributed by atoms with Gasteiger partial charge in [-0.2, -0.15) is 0 Å². The molecule has 1 aromatic heterocycles. The highest BCUT2D eigenvalue weighted by atomic mass is 32.1. The monoisotopic (exact) mass is 354 g/mol. The number of amides is 2. The number of hydrogen-bond acceptors (Lipinski definition) is 3. The van der Waals surface area contributed by atoms with E-state index in [1.165, 1.54) is 23.5 Å². The summed E-state index contributed by atoms with van der Waals surface area (Å²) in [4.78, 5) is 25.2. The Labute approximate surface area is 148 Å². The van der Waals surface area contributed by atoms with Crippen molar-refractivity contribution in [2.75, 3.05) is 5.32 Å². The van der Waals surface area contributed by atoms with Gasteiger partial charge in [0.25, 0.3) is 11.8 Å². The summed E-state index contributed by atoms with van der Waals surface area (Å²) in [6, 6.07) is 16.3. The molecule has 2 amide bonds. The van der Waals surface area contributed by atoms with Gasteiger partial charge in [0, 0.05) is 6.54 Å². The Kier molecular flexibility index (Phi) is 5.20. The summed E-state index contributed by atoms with van der Waals surface area (Å²) in [7, 11) is 0. The van der Waals surface area contributed by atoms with Gasteiger partial charge in [0.2, 0.25) is 0 Å². The first kappa shape index (κ1) is 16.9. The molecule has 0 fully saturated rings. The van der Waals surface area contributed by atoms with E-state index in [0.29, 0.717) is 21.7 Å². The van der Waals surface area contributed by atoms with Gasteiger partial charge in [-0.3, -0.25) is 9.59 Å². The van der Waals surface area contributed by atoms with Crippen molar-refractivity contribution in [3.63, 3.8) is 0 Å². The van der Waals surface area contributed by atoms with Gasteiger partial charge in [-0.25, -0.2) is 4.39 Å². The van der Waals surface area contributed by atoms with Crippen LogP contribution in [0.5, 0.6) is 0 Å². The van der Waals surface area contributed by atoms with E-state index in [1.54, 1.807) is 48.5 Å². The molecule has 0 spiro atoms. The molecule has 0 unspecified atom stereocenters. The Balaban J connectivity index is 1.71. The number of rotatable bonds is 5. The van der Waals surface area contributed by atoms with Crippen molar-refractivity contribution in [3.8, 4) is 0 Å². The SMILES string of the molecule is O=C(Nc1ccccc1C(=O)NCc1cccc(F)c1)c1cccs1. The van der Waals surface area contributed by atoms with Crippen molar-refractivity contribution in [2.45, 2.75) is 6.54 Å². The zero-order valence-corrected chi connectivity index (χ0v) is 14.0. The lowest BCUT2D eigenvalue weighted by molar-refractivity contribution is 0.0951. The van der Waals surface area contributed by atoms with Crippen molar-refractivity contribution in [3.05, 3.63) is 87.9 Å². The second-order valence-electron chi connectivity index (χ2n) is 5.29. The van der Waals surface area contributed by atoms with Gasteiger partial charge in [-0.05, 0) is 41.3 Å². The summed E-state index contributed by atoms with van der Waals surface area (Å²) < 4.78 is 13.2. The topological polar surface area (TPSA) is 58.2 Å². The Morgan fingerprint density at radius 1 is 0.960 bits per heavy atom. The predicted octanol–water partition coefficient (Wildman–Crippen LogP) is 4.07. The number of nitrogens with one attached hydrogen (secondary N) is 2. The smallest absolute Gasteiger partial charge is 0.265 e. The number of benzene rings is 2. The fourth-order valence-electron chi connectivity index (χ4n) is 2.31. The Morgan fingerprint density at radius 3 is 2.56 bits per heavy atom. The van der Waals surface area contributed by atoms with E-state index >= 15 is 0 Å². The number of carbonyl (C=O) groups is 2. The summed E-state index contributed by atoms with van der Waals surface area (Å²) in [5, 5.41) is 7.30.